The Morgan fingerprint density at radius 1 is 1.41 bits per heavy atom. The molecule has 0 saturated heterocycles. The molecule has 1 aromatic carbocycles. The van der Waals surface area contributed by atoms with Gasteiger partial charge in [0.25, 0.3) is 5.91 Å². The standard InChI is InChI=1S/C11H11Cl2N3O/c1-5-3-7(12)6(2)10(13)11(5)16-9(17)4-8(14)15-16/h3H,4H2,1-2H3,(H2,14,15). The molecule has 0 aliphatic carbocycles. The van der Waals surface area contributed by atoms with Crippen molar-refractivity contribution in [3.63, 3.8) is 0 Å². The summed E-state index contributed by atoms with van der Waals surface area (Å²) in [7, 11) is 0. The van der Waals surface area contributed by atoms with Crippen LogP contribution in [0.3, 0.4) is 0 Å². The highest BCUT2D eigenvalue weighted by Gasteiger charge is 2.27. The van der Waals surface area contributed by atoms with Crippen molar-refractivity contribution in [2.45, 2.75) is 20.3 Å². The molecule has 0 spiro atoms. The van der Waals surface area contributed by atoms with Gasteiger partial charge in [-0.25, -0.2) is 0 Å². The van der Waals surface area contributed by atoms with Crippen LogP contribution < -0.4 is 10.7 Å². The average Bonchev–Trinajstić information content (AvgIpc) is 2.55. The fourth-order valence-electron chi connectivity index (χ4n) is 1.71. The Kier molecular flexibility index (Phi) is 3.02. The van der Waals surface area contributed by atoms with E-state index in [2.05, 4.69) is 5.10 Å². The van der Waals surface area contributed by atoms with Crippen molar-refractivity contribution in [1.29, 1.82) is 0 Å². The first-order chi connectivity index (χ1) is 7.91. The van der Waals surface area contributed by atoms with Gasteiger partial charge in [-0.1, -0.05) is 23.2 Å². The molecule has 2 N–H and O–H groups in total. The number of carbonyl (C=O) groups excluding carboxylic acids is 1. The van der Waals surface area contributed by atoms with Gasteiger partial charge in [0.05, 0.1) is 17.1 Å². The minimum Gasteiger partial charge on any atom is -0.385 e. The molecule has 0 fully saturated rings. The lowest BCUT2D eigenvalue weighted by Gasteiger charge is -2.18. The minimum absolute atomic E-state index is 0.122. The second-order valence-corrected chi connectivity index (χ2v) is 4.72. The summed E-state index contributed by atoms with van der Waals surface area (Å²) in [4.78, 5) is 11.7. The van der Waals surface area contributed by atoms with E-state index in [1.54, 1.807) is 13.0 Å². The number of hydrogen-bond acceptors (Lipinski definition) is 3. The van der Waals surface area contributed by atoms with Crippen molar-refractivity contribution < 1.29 is 4.79 Å². The maximum atomic E-state index is 11.7. The van der Waals surface area contributed by atoms with E-state index >= 15 is 0 Å². The Morgan fingerprint density at radius 2 is 2.06 bits per heavy atom. The first kappa shape index (κ1) is 12.2. The highest BCUT2D eigenvalue weighted by atomic mass is 35.5. The Labute approximate surface area is 109 Å². The lowest BCUT2D eigenvalue weighted by molar-refractivity contribution is -0.116. The normalized spacial score (nSPS) is 15.4. The van der Waals surface area contributed by atoms with Crippen LogP contribution in [0.4, 0.5) is 5.69 Å². The number of aryl methyl sites for hydroxylation is 1. The third-order valence-electron chi connectivity index (χ3n) is 2.62. The molecule has 1 aliphatic rings. The van der Waals surface area contributed by atoms with Crippen LogP contribution >= 0.6 is 23.2 Å². The zero-order chi connectivity index (χ0) is 12.7. The van der Waals surface area contributed by atoms with Gasteiger partial charge < -0.3 is 5.73 Å². The number of amidine groups is 1. The molecule has 0 unspecified atom stereocenters. The predicted molar refractivity (Wildman–Crippen MR) is 69.7 cm³/mol. The second kappa shape index (κ2) is 4.20. The smallest absolute Gasteiger partial charge is 0.255 e. The monoisotopic (exact) mass is 271 g/mol. The van der Waals surface area contributed by atoms with Crippen molar-refractivity contribution in [1.82, 2.24) is 0 Å². The molecule has 1 amide bonds. The summed E-state index contributed by atoms with van der Waals surface area (Å²) in [6.07, 6.45) is 0.122. The zero-order valence-corrected chi connectivity index (χ0v) is 10.9. The summed E-state index contributed by atoms with van der Waals surface area (Å²) >= 11 is 12.2. The van der Waals surface area contributed by atoms with E-state index < -0.39 is 0 Å². The third kappa shape index (κ3) is 1.98. The Morgan fingerprint density at radius 3 is 2.59 bits per heavy atom. The van der Waals surface area contributed by atoms with Gasteiger partial charge in [0.1, 0.15) is 5.84 Å². The molecule has 4 nitrogen and oxygen atoms in total. The predicted octanol–water partition coefficient (Wildman–Crippen LogP) is 2.62. The van der Waals surface area contributed by atoms with Gasteiger partial charge in [-0.05, 0) is 31.0 Å². The fraction of sp³-hybridized carbons (Fsp3) is 0.273. The molecule has 0 saturated carbocycles. The maximum absolute atomic E-state index is 11.7. The van der Waals surface area contributed by atoms with Crippen LogP contribution in [0.15, 0.2) is 11.2 Å². The van der Waals surface area contributed by atoms with Crippen molar-refractivity contribution in [2.24, 2.45) is 10.8 Å². The van der Waals surface area contributed by atoms with Crippen LogP contribution in [0.1, 0.15) is 17.5 Å². The molecule has 2 rings (SSSR count). The van der Waals surface area contributed by atoms with E-state index in [4.69, 9.17) is 28.9 Å². The number of carbonyl (C=O) groups is 1. The van der Waals surface area contributed by atoms with Crippen molar-refractivity contribution in [2.75, 3.05) is 5.01 Å². The van der Waals surface area contributed by atoms with Gasteiger partial charge in [-0.3, -0.25) is 4.79 Å². The van der Waals surface area contributed by atoms with Gasteiger partial charge in [-0.2, -0.15) is 10.1 Å². The van der Waals surface area contributed by atoms with Crippen molar-refractivity contribution >= 4 is 40.6 Å². The molecule has 1 heterocycles. The number of halogens is 2. The lowest BCUT2D eigenvalue weighted by atomic mass is 10.1. The van der Waals surface area contributed by atoms with E-state index in [0.717, 1.165) is 11.1 Å². The molecule has 1 aliphatic heterocycles. The number of anilines is 1. The molecule has 0 radical (unpaired) electrons. The third-order valence-corrected chi connectivity index (χ3v) is 3.48. The van der Waals surface area contributed by atoms with Gasteiger partial charge in [0.15, 0.2) is 0 Å². The summed E-state index contributed by atoms with van der Waals surface area (Å²) in [5.41, 5.74) is 7.61. The van der Waals surface area contributed by atoms with Crippen LogP contribution in [-0.2, 0) is 4.79 Å². The molecular formula is C11H11Cl2N3O. The SMILES string of the molecule is Cc1cc(Cl)c(C)c(Cl)c1N1N=C(N)CC1=O. The maximum Gasteiger partial charge on any atom is 0.255 e. The summed E-state index contributed by atoms with van der Waals surface area (Å²) < 4.78 is 0. The summed E-state index contributed by atoms with van der Waals surface area (Å²) in [6, 6.07) is 1.76. The quantitative estimate of drug-likeness (QED) is 0.854. The topological polar surface area (TPSA) is 58.7 Å². The molecule has 1 aromatic rings. The van der Waals surface area contributed by atoms with Gasteiger partial charge >= 0.3 is 0 Å². The number of hydrazone groups is 1. The number of nitrogens with two attached hydrogens (primary N) is 1. The van der Waals surface area contributed by atoms with E-state index in [-0.39, 0.29) is 18.2 Å². The van der Waals surface area contributed by atoms with Gasteiger partial charge in [0, 0.05) is 5.02 Å². The van der Waals surface area contributed by atoms with Crippen LogP contribution in [0.2, 0.25) is 10.0 Å². The van der Waals surface area contributed by atoms with E-state index in [1.807, 2.05) is 6.92 Å². The van der Waals surface area contributed by atoms with E-state index in [0.29, 0.717) is 15.7 Å². The molecule has 0 bridgehead atoms. The van der Waals surface area contributed by atoms with Crippen LogP contribution in [0, 0.1) is 13.8 Å². The highest BCUT2D eigenvalue weighted by Crippen LogP contribution is 2.38. The Bertz CT molecular complexity index is 540. The van der Waals surface area contributed by atoms with Gasteiger partial charge in [-0.15, -0.1) is 0 Å². The molecule has 17 heavy (non-hydrogen) atoms. The number of rotatable bonds is 1. The first-order valence-corrected chi connectivity index (χ1v) is 5.78. The number of benzene rings is 1. The minimum atomic E-state index is -0.186. The lowest BCUT2D eigenvalue weighted by Crippen LogP contribution is -2.21. The second-order valence-electron chi connectivity index (χ2n) is 3.94. The number of nitrogens with zero attached hydrogens (tertiary/aromatic N) is 2. The zero-order valence-electron chi connectivity index (χ0n) is 9.42. The van der Waals surface area contributed by atoms with Crippen LogP contribution in [0.25, 0.3) is 0 Å². The van der Waals surface area contributed by atoms with E-state index in [9.17, 15) is 4.79 Å². The van der Waals surface area contributed by atoms with Crippen molar-refractivity contribution in [3.8, 4) is 0 Å². The van der Waals surface area contributed by atoms with Crippen LogP contribution in [0.5, 0.6) is 0 Å². The first-order valence-electron chi connectivity index (χ1n) is 5.03. The molecular weight excluding hydrogens is 261 g/mol. The molecule has 6 heteroatoms. The molecule has 0 atom stereocenters. The van der Waals surface area contributed by atoms with Crippen molar-refractivity contribution in [3.05, 3.63) is 27.2 Å². The summed E-state index contributed by atoms with van der Waals surface area (Å²) in [5.74, 6) is 0.104. The molecule has 0 aromatic heterocycles. The summed E-state index contributed by atoms with van der Waals surface area (Å²) in [6.45, 7) is 3.62. The number of hydrogen-bond donors (Lipinski definition) is 1. The number of amides is 1. The molecule has 90 valence electrons. The van der Waals surface area contributed by atoms with Crippen LogP contribution in [-0.4, -0.2) is 11.7 Å². The summed E-state index contributed by atoms with van der Waals surface area (Å²) in [5, 5.41) is 6.23. The Balaban J connectivity index is 2.60. The largest absolute Gasteiger partial charge is 0.385 e. The Hall–Kier alpha value is -1.26. The van der Waals surface area contributed by atoms with Gasteiger partial charge in [0.2, 0.25) is 0 Å². The fourth-order valence-corrected chi connectivity index (χ4v) is 2.34. The van der Waals surface area contributed by atoms with E-state index in [1.165, 1.54) is 5.01 Å². The average molecular weight is 272 g/mol. The highest BCUT2D eigenvalue weighted by molar-refractivity contribution is 6.38.